The average molecular weight is 264 g/mol. The van der Waals surface area contributed by atoms with Crippen LogP contribution < -0.4 is 10.2 Å². The third-order valence-corrected chi connectivity index (χ3v) is 2.61. The highest BCUT2D eigenvalue weighted by Gasteiger charge is 2.13. The van der Waals surface area contributed by atoms with Gasteiger partial charge in [-0.25, -0.2) is 4.39 Å². The first-order valence-electron chi connectivity index (χ1n) is 5.89. The van der Waals surface area contributed by atoms with E-state index in [0.717, 1.165) is 18.2 Å². The molecule has 0 amide bonds. The van der Waals surface area contributed by atoms with Crippen molar-refractivity contribution in [1.29, 1.82) is 0 Å². The van der Waals surface area contributed by atoms with E-state index in [0.29, 0.717) is 0 Å². The van der Waals surface area contributed by atoms with Gasteiger partial charge in [-0.05, 0) is 24.5 Å². The van der Waals surface area contributed by atoms with Crippen LogP contribution in [-0.4, -0.2) is 26.9 Å². The molecule has 2 rings (SSSR count). The summed E-state index contributed by atoms with van der Waals surface area (Å²) in [5.74, 6) is -0.336. The maximum absolute atomic E-state index is 13.3. The summed E-state index contributed by atoms with van der Waals surface area (Å²) in [5.41, 5.74) is 0.913. The molecule has 1 heterocycles. The van der Waals surface area contributed by atoms with Gasteiger partial charge in [0, 0.05) is 24.4 Å². The van der Waals surface area contributed by atoms with Gasteiger partial charge in [-0.3, -0.25) is 4.68 Å². The van der Waals surface area contributed by atoms with Gasteiger partial charge in [0.1, 0.15) is 18.2 Å². The molecule has 0 saturated heterocycles. The second-order valence-electron chi connectivity index (χ2n) is 4.09. The first kappa shape index (κ1) is 13.6. The quantitative estimate of drug-likeness (QED) is 0.762. The lowest BCUT2D eigenvalue weighted by Gasteiger charge is -2.07. The lowest BCUT2D eigenvalue weighted by atomic mass is 9.80. The van der Waals surface area contributed by atoms with Crippen molar-refractivity contribution in [3.8, 4) is 5.75 Å². The van der Waals surface area contributed by atoms with Crippen LogP contribution in [0.4, 0.5) is 4.39 Å². The monoisotopic (exact) mass is 264 g/mol. The van der Waals surface area contributed by atoms with E-state index in [1.165, 1.54) is 12.1 Å². The van der Waals surface area contributed by atoms with Crippen LogP contribution in [0.3, 0.4) is 0 Å². The van der Waals surface area contributed by atoms with Gasteiger partial charge < -0.3 is 14.8 Å². The summed E-state index contributed by atoms with van der Waals surface area (Å²) in [6.45, 7) is 2.98. The molecule has 2 aromatic rings. The summed E-state index contributed by atoms with van der Waals surface area (Å²) >= 11 is 0. The minimum atomic E-state index is -1.72. The number of benzene rings is 1. The fourth-order valence-electron chi connectivity index (χ4n) is 1.64. The number of aryl methyl sites for hydroxylation is 1. The molecule has 0 saturated carbocycles. The number of hydrogen-bond donors (Lipinski definition) is 2. The average Bonchev–Trinajstić information content (AvgIpc) is 2.83. The first-order valence-corrected chi connectivity index (χ1v) is 5.89. The minimum Gasteiger partial charge on any atom is -0.489 e. The van der Waals surface area contributed by atoms with Crippen LogP contribution in [0, 0.1) is 5.82 Å². The Morgan fingerprint density at radius 3 is 2.79 bits per heavy atom. The standard InChI is InChI=1S/C12H14BFN2O3/c1-2-16-7-9(6-15-16)8-19-12-4-10(13(17)18)3-11(14)5-12/h3-7,17-18H,2,8H2,1H3. The fourth-order valence-corrected chi connectivity index (χ4v) is 1.64. The summed E-state index contributed by atoms with van der Waals surface area (Å²) in [6.07, 6.45) is 3.51. The van der Waals surface area contributed by atoms with Crippen LogP contribution in [0.2, 0.25) is 0 Å². The van der Waals surface area contributed by atoms with Gasteiger partial charge in [0.2, 0.25) is 0 Å². The Labute approximate surface area is 110 Å². The van der Waals surface area contributed by atoms with Crippen molar-refractivity contribution in [2.24, 2.45) is 0 Å². The highest BCUT2D eigenvalue weighted by molar-refractivity contribution is 6.58. The van der Waals surface area contributed by atoms with E-state index in [-0.39, 0.29) is 17.8 Å². The van der Waals surface area contributed by atoms with Crippen molar-refractivity contribution in [1.82, 2.24) is 9.78 Å². The molecule has 0 unspecified atom stereocenters. The number of aromatic nitrogens is 2. The van der Waals surface area contributed by atoms with Gasteiger partial charge in [-0.1, -0.05) is 0 Å². The Morgan fingerprint density at radius 2 is 2.16 bits per heavy atom. The predicted octanol–water partition coefficient (Wildman–Crippen LogP) is 0.301. The van der Waals surface area contributed by atoms with Crippen LogP contribution >= 0.6 is 0 Å². The van der Waals surface area contributed by atoms with Gasteiger partial charge in [0.15, 0.2) is 0 Å². The van der Waals surface area contributed by atoms with Crippen LogP contribution in [-0.2, 0) is 13.2 Å². The van der Waals surface area contributed by atoms with Crippen LogP contribution in [0.25, 0.3) is 0 Å². The molecule has 19 heavy (non-hydrogen) atoms. The van der Waals surface area contributed by atoms with Crippen molar-refractivity contribution in [2.75, 3.05) is 0 Å². The zero-order valence-corrected chi connectivity index (χ0v) is 10.5. The second-order valence-corrected chi connectivity index (χ2v) is 4.09. The molecule has 0 aliphatic heterocycles. The summed E-state index contributed by atoms with van der Waals surface area (Å²) < 4.78 is 20.4. The topological polar surface area (TPSA) is 67.5 Å². The Bertz CT molecular complexity index is 560. The van der Waals surface area contributed by atoms with Crippen LogP contribution in [0.15, 0.2) is 30.6 Å². The fraction of sp³-hybridized carbons (Fsp3) is 0.250. The maximum Gasteiger partial charge on any atom is 0.488 e. The number of ether oxygens (including phenoxy) is 1. The van der Waals surface area contributed by atoms with Crippen LogP contribution in [0.5, 0.6) is 5.75 Å². The predicted molar refractivity (Wildman–Crippen MR) is 68.5 cm³/mol. The van der Waals surface area contributed by atoms with E-state index in [1.807, 2.05) is 13.1 Å². The molecule has 0 spiro atoms. The molecule has 5 nitrogen and oxygen atoms in total. The van der Waals surface area contributed by atoms with Crippen molar-refractivity contribution < 1.29 is 19.2 Å². The highest BCUT2D eigenvalue weighted by Crippen LogP contribution is 2.13. The zero-order chi connectivity index (χ0) is 13.8. The zero-order valence-electron chi connectivity index (χ0n) is 10.5. The molecule has 0 fully saturated rings. The molecule has 1 aromatic carbocycles. The van der Waals surface area contributed by atoms with Crippen molar-refractivity contribution in [2.45, 2.75) is 20.1 Å². The molecule has 1 aromatic heterocycles. The molecule has 0 radical (unpaired) electrons. The lowest BCUT2D eigenvalue weighted by molar-refractivity contribution is 0.304. The van der Waals surface area contributed by atoms with Crippen molar-refractivity contribution >= 4 is 12.6 Å². The number of rotatable bonds is 5. The summed E-state index contributed by atoms with van der Waals surface area (Å²) in [7, 11) is -1.72. The van der Waals surface area contributed by atoms with Gasteiger partial charge in [-0.15, -0.1) is 0 Å². The maximum atomic E-state index is 13.3. The van der Waals surface area contributed by atoms with Crippen molar-refractivity contribution in [3.05, 3.63) is 42.0 Å². The highest BCUT2D eigenvalue weighted by atomic mass is 19.1. The van der Waals surface area contributed by atoms with Crippen molar-refractivity contribution in [3.63, 3.8) is 0 Å². The molecular weight excluding hydrogens is 250 g/mol. The number of halogens is 1. The molecule has 2 N–H and O–H groups in total. The molecule has 7 heteroatoms. The lowest BCUT2D eigenvalue weighted by Crippen LogP contribution is -2.30. The van der Waals surface area contributed by atoms with Crippen LogP contribution in [0.1, 0.15) is 12.5 Å². The second kappa shape index (κ2) is 5.86. The molecule has 0 aliphatic carbocycles. The van der Waals surface area contributed by atoms with Gasteiger partial charge >= 0.3 is 7.12 Å². The Balaban J connectivity index is 2.06. The summed E-state index contributed by atoms with van der Waals surface area (Å²) in [4.78, 5) is 0. The van der Waals surface area contributed by atoms with E-state index < -0.39 is 12.9 Å². The third-order valence-electron chi connectivity index (χ3n) is 2.61. The number of hydrogen-bond acceptors (Lipinski definition) is 4. The first-order chi connectivity index (χ1) is 9.08. The number of nitrogens with zero attached hydrogens (tertiary/aromatic N) is 2. The Morgan fingerprint density at radius 1 is 1.37 bits per heavy atom. The smallest absolute Gasteiger partial charge is 0.488 e. The summed E-state index contributed by atoms with van der Waals surface area (Å²) in [6, 6.07) is 3.63. The van der Waals surface area contributed by atoms with Gasteiger partial charge in [0.05, 0.1) is 6.20 Å². The molecule has 0 bridgehead atoms. The molecule has 0 atom stereocenters. The van der Waals surface area contributed by atoms with E-state index in [4.69, 9.17) is 14.8 Å². The van der Waals surface area contributed by atoms with E-state index in [1.54, 1.807) is 10.9 Å². The normalized spacial score (nSPS) is 10.5. The van der Waals surface area contributed by atoms with Gasteiger partial charge in [0.25, 0.3) is 0 Å². The largest absolute Gasteiger partial charge is 0.489 e. The van der Waals surface area contributed by atoms with E-state index in [2.05, 4.69) is 5.10 Å². The van der Waals surface area contributed by atoms with E-state index >= 15 is 0 Å². The molecular formula is C12H14BFN2O3. The molecule has 0 aliphatic rings. The van der Waals surface area contributed by atoms with E-state index in [9.17, 15) is 4.39 Å². The third kappa shape index (κ3) is 3.55. The Kier molecular flexibility index (Phi) is 4.18. The molecule has 100 valence electrons. The SMILES string of the molecule is CCn1cc(COc2cc(F)cc(B(O)O)c2)cn1. The Hall–Kier alpha value is -1.86. The summed E-state index contributed by atoms with van der Waals surface area (Å²) in [5, 5.41) is 22.1. The minimum absolute atomic E-state index is 0.0549. The van der Waals surface area contributed by atoms with Gasteiger partial charge in [-0.2, -0.15) is 5.10 Å².